The second-order valence-corrected chi connectivity index (χ2v) is 5.02. The molecule has 1 amide bonds. The zero-order valence-corrected chi connectivity index (χ0v) is 12.0. The van der Waals surface area contributed by atoms with E-state index in [0.717, 1.165) is 31.4 Å². The van der Waals surface area contributed by atoms with Gasteiger partial charge < -0.3 is 4.74 Å². The van der Waals surface area contributed by atoms with Crippen molar-refractivity contribution in [1.82, 2.24) is 5.43 Å². The molecule has 5 nitrogen and oxygen atoms in total. The van der Waals surface area contributed by atoms with Crippen molar-refractivity contribution < 1.29 is 9.53 Å². The molecule has 0 unspecified atom stereocenters. The Morgan fingerprint density at radius 3 is 2.67 bits per heavy atom. The van der Waals surface area contributed by atoms with Gasteiger partial charge in [0.15, 0.2) is 6.61 Å². The van der Waals surface area contributed by atoms with Crippen LogP contribution in [0.5, 0.6) is 5.75 Å². The van der Waals surface area contributed by atoms with Crippen LogP contribution in [0.3, 0.4) is 0 Å². The first kappa shape index (κ1) is 15.0. The molecule has 0 atom stereocenters. The molecular weight excluding hydrogens is 266 g/mol. The molecule has 0 spiro atoms. The SMILES string of the molecule is N#Cc1ccccc1OCC(=O)NN=C1CCCCCC1. The summed E-state index contributed by atoms with van der Waals surface area (Å²) in [6, 6.07) is 8.86. The topological polar surface area (TPSA) is 74.5 Å². The van der Waals surface area contributed by atoms with Crippen LogP contribution in [0, 0.1) is 11.3 Å². The Morgan fingerprint density at radius 1 is 1.24 bits per heavy atom. The summed E-state index contributed by atoms with van der Waals surface area (Å²) >= 11 is 0. The molecule has 0 bridgehead atoms. The summed E-state index contributed by atoms with van der Waals surface area (Å²) in [7, 11) is 0. The number of carbonyl (C=O) groups excluding carboxylic acids is 1. The van der Waals surface area contributed by atoms with Crippen molar-refractivity contribution in [2.75, 3.05) is 6.61 Å². The average molecular weight is 285 g/mol. The number of ether oxygens (including phenoxy) is 1. The molecule has 0 aromatic heterocycles. The third-order valence-corrected chi connectivity index (χ3v) is 3.39. The zero-order chi connectivity index (χ0) is 14.9. The first-order valence-electron chi connectivity index (χ1n) is 7.26. The summed E-state index contributed by atoms with van der Waals surface area (Å²) in [6.45, 7) is -0.143. The molecule has 21 heavy (non-hydrogen) atoms. The molecule has 1 fully saturated rings. The van der Waals surface area contributed by atoms with Gasteiger partial charge >= 0.3 is 0 Å². The fraction of sp³-hybridized carbons (Fsp3) is 0.438. The highest BCUT2D eigenvalue weighted by atomic mass is 16.5. The number of amides is 1. The number of hydrogen-bond donors (Lipinski definition) is 1. The molecule has 1 aromatic rings. The summed E-state index contributed by atoms with van der Waals surface area (Å²) in [5, 5.41) is 13.1. The largest absolute Gasteiger partial charge is 0.482 e. The van der Waals surface area contributed by atoms with E-state index in [1.165, 1.54) is 12.8 Å². The van der Waals surface area contributed by atoms with E-state index in [9.17, 15) is 4.79 Å². The number of nitriles is 1. The molecule has 1 aliphatic carbocycles. The Bertz CT molecular complexity index is 551. The highest BCUT2D eigenvalue weighted by Crippen LogP contribution is 2.16. The van der Waals surface area contributed by atoms with Crippen molar-refractivity contribution in [3.05, 3.63) is 29.8 Å². The summed E-state index contributed by atoms with van der Waals surface area (Å²) in [5.74, 6) is 0.108. The van der Waals surface area contributed by atoms with Crippen molar-refractivity contribution in [1.29, 1.82) is 5.26 Å². The average Bonchev–Trinajstić information content (AvgIpc) is 2.80. The second-order valence-electron chi connectivity index (χ2n) is 5.02. The molecule has 110 valence electrons. The standard InChI is InChI=1S/C16H19N3O2/c17-11-13-7-5-6-10-15(13)21-12-16(20)19-18-14-8-3-1-2-4-9-14/h5-7,10H,1-4,8-9,12H2,(H,19,20). The van der Waals surface area contributed by atoms with E-state index in [-0.39, 0.29) is 12.5 Å². The van der Waals surface area contributed by atoms with Crippen LogP contribution in [0.1, 0.15) is 44.1 Å². The van der Waals surface area contributed by atoms with Gasteiger partial charge in [0.2, 0.25) is 0 Å². The lowest BCUT2D eigenvalue weighted by molar-refractivity contribution is -0.123. The minimum Gasteiger partial charge on any atom is -0.482 e. The maximum atomic E-state index is 11.7. The Labute approximate surface area is 124 Å². The molecule has 0 radical (unpaired) electrons. The third-order valence-electron chi connectivity index (χ3n) is 3.39. The molecule has 0 aliphatic heterocycles. The van der Waals surface area contributed by atoms with Crippen LogP contribution in [-0.4, -0.2) is 18.2 Å². The van der Waals surface area contributed by atoms with Crippen LogP contribution in [0.2, 0.25) is 0 Å². The fourth-order valence-corrected chi connectivity index (χ4v) is 2.25. The van der Waals surface area contributed by atoms with Crippen LogP contribution < -0.4 is 10.2 Å². The van der Waals surface area contributed by atoms with E-state index >= 15 is 0 Å². The number of nitrogens with one attached hydrogen (secondary N) is 1. The number of para-hydroxylation sites is 1. The number of carbonyl (C=O) groups is 1. The van der Waals surface area contributed by atoms with Crippen molar-refractivity contribution in [3.63, 3.8) is 0 Å². The number of rotatable bonds is 4. The number of benzene rings is 1. The molecular formula is C16H19N3O2. The lowest BCUT2D eigenvalue weighted by Gasteiger charge is -2.07. The summed E-state index contributed by atoms with van der Waals surface area (Å²) in [6.07, 6.45) is 6.67. The molecule has 0 saturated heterocycles. The Hall–Kier alpha value is -2.35. The van der Waals surface area contributed by atoms with E-state index in [0.29, 0.717) is 11.3 Å². The summed E-state index contributed by atoms with van der Waals surface area (Å²) < 4.78 is 5.35. The molecule has 0 heterocycles. The Kier molecular flexibility index (Phi) is 5.77. The van der Waals surface area contributed by atoms with Gasteiger partial charge in [0, 0.05) is 5.71 Å². The lowest BCUT2D eigenvalue weighted by Crippen LogP contribution is -2.26. The van der Waals surface area contributed by atoms with Crippen LogP contribution in [0.4, 0.5) is 0 Å². The quantitative estimate of drug-likeness (QED) is 0.682. The third kappa shape index (κ3) is 4.92. The van der Waals surface area contributed by atoms with Gasteiger partial charge in [-0.25, -0.2) is 5.43 Å². The van der Waals surface area contributed by atoms with Gasteiger partial charge in [0.1, 0.15) is 11.8 Å². The van der Waals surface area contributed by atoms with Gasteiger partial charge in [-0.2, -0.15) is 10.4 Å². The predicted molar refractivity (Wildman–Crippen MR) is 79.9 cm³/mol. The Balaban J connectivity index is 1.82. The highest BCUT2D eigenvalue weighted by Gasteiger charge is 2.08. The van der Waals surface area contributed by atoms with E-state index in [2.05, 4.69) is 10.5 Å². The van der Waals surface area contributed by atoms with Gasteiger partial charge in [-0.3, -0.25) is 4.79 Å². The first-order chi connectivity index (χ1) is 10.3. The first-order valence-corrected chi connectivity index (χ1v) is 7.26. The molecule has 1 aliphatic rings. The second kappa shape index (κ2) is 8.05. The molecule has 1 aromatic carbocycles. The van der Waals surface area contributed by atoms with Crippen molar-refractivity contribution in [3.8, 4) is 11.8 Å². The fourth-order valence-electron chi connectivity index (χ4n) is 2.25. The molecule has 2 rings (SSSR count). The van der Waals surface area contributed by atoms with Gasteiger partial charge in [-0.05, 0) is 37.8 Å². The molecule has 5 heteroatoms. The maximum Gasteiger partial charge on any atom is 0.277 e. The summed E-state index contributed by atoms with van der Waals surface area (Å²) in [4.78, 5) is 11.7. The molecule has 1 N–H and O–H groups in total. The number of hydrazone groups is 1. The van der Waals surface area contributed by atoms with E-state index in [1.807, 2.05) is 6.07 Å². The summed E-state index contributed by atoms with van der Waals surface area (Å²) in [5.41, 5.74) is 4.00. The monoisotopic (exact) mass is 285 g/mol. The van der Waals surface area contributed by atoms with Gasteiger partial charge in [-0.15, -0.1) is 0 Å². The predicted octanol–water partition coefficient (Wildman–Crippen LogP) is 2.76. The van der Waals surface area contributed by atoms with Gasteiger partial charge in [0.05, 0.1) is 5.56 Å². The normalized spacial score (nSPS) is 14.7. The van der Waals surface area contributed by atoms with E-state index in [1.54, 1.807) is 24.3 Å². The van der Waals surface area contributed by atoms with Crippen LogP contribution in [0.25, 0.3) is 0 Å². The van der Waals surface area contributed by atoms with Crippen molar-refractivity contribution in [2.45, 2.75) is 38.5 Å². The Morgan fingerprint density at radius 2 is 1.95 bits per heavy atom. The van der Waals surface area contributed by atoms with Crippen molar-refractivity contribution in [2.24, 2.45) is 5.10 Å². The van der Waals surface area contributed by atoms with Gasteiger partial charge in [-0.1, -0.05) is 25.0 Å². The smallest absolute Gasteiger partial charge is 0.277 e. The lowest BCUT2D eigenvalue weighted by atomic mass is 10.2. The maximum absolute atomic E-state index is 11.7. The van der Waals surface area contributed by atoms with Crippen LogP contribution in [-0.2, 0) is 4.79 Å². The number of nitrogens with zero attached hydrogens (tertiary/aromatic N) is 2. The highest BCUT2D eigenvalue weighted by molar-refractivity contribution is 5.86. The minimum absolute atomic E-state index is 0.143. The van der Waals surface area contributed by atoms with E-state index in [4.69, 9.17) is 10.00 Å². The van der Waals surface area contributed by atoms with Crippen LogP contribution >= 0.6 is 0 Å². The van der Waals surface area contributed by atoms with Crippen molar-refractivity contribution >= 4 is 11.6 Å². The molecule has 1 saturated carbocycles. The number of hydrogen-bond acceptors (Lipinski definition) is 4. The van der Waals surface area contributed by atoms with E-state index < -0.39 is 0 Å². The zero-order valence-electron chi connectivity index (χ0n) is 12.0. The minimum atomic E-state index is -0.306. The van der Waals surface area contributed by atoms with Gasteiger partial charge in [0.25, 0.3) is 5.91 Å². The van der Waals surface area contributed by atoms with Crippen LogP contribution in [0.15, 0.2) is 29.4 Å².